The molecule has 1 aromatic heterocycles. The van der Waals surface area contributed by atoms with Gasteiger partial charge in [0, 0.05) is 15.9 Å². The van der Waals surface area contributed by atoms with E-state index in [9.17, 15) is 0 Å². The van der Waals surface area contributed by atoms with Crippen LogP contribution in [0.5, 0.6) is 0 Å². The van der Waals surface area contributed by atoms with E-state index in [0.717, 1.165) is 11.3 Å². The molecule has 0 spiro atoms. The molecular formula is C19H25N. The number of pyridine rings is 1. The third kappa shape index (κ3) is 3.09. The minimum Gasteiger partial charge on any atom is -0.256 e. The van der Waals surface area contributed by atoms with Crippen molar-refractivity contribution < 1.29 is 4.11 Å². The maximum Gasteiger partial charge on any atom is 0.0705 e. The molecule has 2 rings (SSSR count). The van der Waals surface area contributed by atoms with Gasteiger partial charge in [-0.2, -0.15) is 0 Å². The Labute approximate surface area is 127 Å². The van der Waals surface area contributed by atoms with Crippen molar-refractivity contribution in [3.63, 3.8) is 0 Å². The van der Waals surface area contributed by atoms with Gasteiger partial charge in [-0.3, -0.25) is 4.98 Å². The number of aromatic nitrogens is 1. The standard InChI is InChI=1S/C19H25N/c1-13(2)16-12-20-18(11-17(16)19(4,5)6)15-9-7-14(3)8-10-15/h7-13H,1-6H3/i3D3. The molecular weight excluding hydrogens is 242 g/mol. The van der Waals surface area contributed by atoms with Gasteiger partial charge in [0.2, 0.25) is 0 Å². The Morgan fingerprint density at radius 2 is 1.75 bits per heavy atom. The molecule has 0 saturated carbocycles. The first-order valence-corrected chi connectivity index (χ1v) is 7.11. The molecule has 1 nitrogen and oxygen atoms in total. The van der Waals surface area contributed by atoms with Gasteiger partial charge < -0.3 is 0 Å². The van der Waals surface area contributed by atoms with Crippen LogP contribution in [0.2, 0.25) is 0 Å². The molecule has 106 valence electrons. The highest BCUT2D eigenvalue weighted by molar-refractivity contribution is 5.61. The highest BCUT2D eigenvalue weighted by Gasteiger charge is 2.20. The zero-order valence-electron chi connectivity index (χ0n) is 16.0. The van der Waals surface area contributed by atoms with Gasteiger partial charge in [0.15, 0.2) is 0 Å². The summed E-state index contributed by atoms with van der Waals surface area (Å²) in [5.74, 6) is 0.420. The molecule has 20 heavy (non-hydrogen) atoms. The van der Waals surface area contributed by atoms with Crippen LogP contribution in [0.25, 0.3) is 11.3 Å². The number of nitrogens with zero attached hydrogens (tertiary/aromatic N) is 1. The van der Waals surface area contributed by atoms with E-state index >= 15 is 0 Å². The van der Waals surface area contributed by atoms with Crippen LogP contribution >= 0.6 is 0 Å². The van der Waals surface area contributed by atoms with E-state index < -0.39 is 6.85 Å². The SMILES string of the molecule is [2H]C([2H])([2H])c1ccc(-c2cc(C(C)(C)C)c(C(C)C)cn2)cc1. The largest absolute Gasteiger partial charge is 0.256 e. The lowest BCUT2D eigenvalue weighted by Gasteiger charge is -2.25. The molecule has 0 bridgehead atoms. The number of rotatable bonds is 2. The number of aryl methyl sites for hydroxylation is 1. The van der Waals surface area contributed by atoms with Crippen molar-refractivity contribution in [3.8, 4) is 11.3 Å². The summed E-state index contributed by atoms with van der Waals surface area (Å²) in [6, 6.07) is 9.14. The van der Waals surface area contributed by atoms with E-state index in [1.807, 2.05) is 18.3 Å². The molecule has 1 aromatic carbocycles. The molecule has 0 aliphatic heterocycles. The fraction of sp³-hybridized carbons (Fsp3) is 0.421. The third-order valence-corrected chi connectivity index (χ3v) is 3.55. The van der Waals surface area contributed by atoms with E-state index in [4.69, 9.17) is 4.11 Å². The van der Waals surface area contributed by atoms with Gasteiger partial charge in [0.25, 0.3) is 0 Å². The van der Waals surface area contributed by atoms with E-state index in [2.05, 4.69) is 45.7 Å². The monoisotopic (exact) mass is 270 g/mol. The summed E-state index contributed by atoms with van der Waals surface area (Å²) < 4.78 is 22.4. The van der Waals surface area contributed by atoms with Crippen LogP contribution in [0, 0.1) is 6.85 Å². The van der Waals surface area contributed by atoms with Crippen molar-refractivity contribution in [3.05, 3.63) is 53.2 Å². The highest BCUT2D eigenvalue weighted by atomic mass is 14.7. The van der Waals surface area contributed by atoms with E-state index in [0.29, 0.717) is 11.5 Å². The topological polar surface area (TPSA) is 12.9 Å². The van der Waals surface area contributed by atoms with Crippen LogP contribution < -0.4 is 0 Å². The molecule has 1 heterocycles. The minimum atomic E-state index is -2.07. The number of benzene rings is 1. The molecule has 0 saturated heterocycles. The zero-order chi connectivity index (χ0) is 17.4. The van der Waals surface area contributed by atoms with Crippen LogP contribution in [0.1, 0.15) is 61.3 Å². The predicted molar refractivity (Wildman–Crippen MR) is 87.2 cm³/mol. The molecule has 0 aliphatic rings. The van der Waals surface area contributed by atoms with Gasteiger partial charge in [0.1, 0.15) is 0 Å². The van der Waals surface area contributed by atoms with Crippen LogP contribution in [0.3, 0.4) is 0 Å². The summed E-state index contributed by atoms with van der Waals surface area (Å²) in [6.07, 6.45) is 1.96. The predicted octanol–water partition coefficient (Wildman–Crippen LogP) is 5.48. The summed E-state index contributed by atoms with van der Waals surface area (Å²) in [5, 5.41) is 0. The second kappa shape index (κ2) is 5.40. The van der Waals surface area contributed by atoms with Gasteiger partial charge in [-0.15, -0.1) is 0 Å². The van der Waals surface area contributed by atoms with Gasteiger partial charge in [-0.25, -0.2) is 0 Å². The van der Waals surface area contributed by atoms with Crippen LogP contribution in [-0.4, -0.2) is 4.98 Å². The second-order valence-corrected chi connectivity index (χ2v) is 6.64. The zero-order valence-corrected chi connectivity index (χ0v) is 13.0. The lowest BCUT2D eigenvalue weighted by molar-refractivity contribution is 0.576. The minimum absolute atomic E-state index is 0.0376. The van der Waals surface area contributed by atoms with Gasteiger partial charge >= 0.3 is 0 Å². The van der Waals surface area contributed by atoms with E-state index in [1.165, 1.54) is 11.1 Å². The average Bonchev–Trinajstić information content (AvgIpc) is 2.45. The smallest absolute Gasteiger partial charge is 0.0705 e. The molecule has 0 unspecified atom stereocenters. The summed E-state index contributed by atoms with van der Waals surface area (Å²) in [5.41, 5.74) is 4.78. The van der Waals surface area contributed by atoms with Crippen molar-refractivity contribution in [2.24, 2.45) is 0 Å². The average molecular weight is 270 g/mol. The maximum absolute atomic E-state index is 7.46. The summed E-state index contributed by atoms with van der Waals surface area (Å²) >= 11 is 0. The van der Waals surface area contributed by atoms with E-state index in [-0.39, 0.29) is 5.41 Å². The second-order valence-electron chi connectivity index (χ2n) is 6.64. The Morgan fingerprint density at radius 3 is 2.25 bits per heavy atom. The Hall–Kier alpha value is -1.63. The van der Waals surface area contributed by atoms with Crippen molar-refractivity contribution >= 4 is 0 Å². The molecule has 0 N–H and O–H groups in total. The van der Waals surface area contributed by atoms with Gasteiger partial charge in [-0.1, -0.05) is 64.4 Å². The van der Waals surface area contributed by atoms with Crippen LogP contribution in [-0.2, 0) is 5.41 Å². The first-order valence-electron chi connectivity index (χ1n) is 8.61. The first-order chi connectivity index (χ1) is 10.5. The van der Waals surface area contributed by atoms with Crippen molar-refractivity contribution in [1.29, 1.82) is 0 Å². The van der Waals surface area contributed by atoms with E-state index in [1.54, 1.807) is 12.1 Å². The molecule has 0 atom stereocenters. The summed E-state index contributed by atoms with van der Waals surface area (Å²) in [6.45, 7) is 8.90. The molecule has 0 amide bonds. The summed E-state index contributed by atoms with van der Waals surface area (Å²) in [7, 11) is 0. The molecule has 0 radical (unpaired) electrons. The quantitative estimate of drug-likeness (QED) is 0.704. The summed E-state index contributed by atoms with van der Waals surface area (Å²) in [4.78, 5) is 4.60. The van der Waals surface area contributed by atoms with Crippen molar-refractivity contribution in [2.45, 2.75) is 52.8 Å². The Kier molecular flexibility index (Phi) is 2.99. The van der Waals surface area contributed by atoms with Crippen molar-refractivity contribution in [1.82, 2.24) is 4.98 Å². The first kappa shape index (κ1) is 11.1. The lowest BCUT2D eigenvalue weighted by Crippen LogP contribution is -2.15. The Balaban J connectivity index is 2.49. The lowest BCUT2D eigenvalue weighted by atomic mass is 9.81. The number of hydrogen-bond acceptors (Lipinski definition) is 1. The number of hydrogen-bond donors (Lipinski definition) is 0. The fourth-order valence-corrected chi connectivity index (χ4v) is 2.37. The van der Waals surface area contributed by atoms with Crippen LogP contribution in [0.4, 0.5) is 0 Å². The Morgan fingerprint density at radius 1 is 1.10 bits per heavy atom. The molecule has 2 aromatic rings. The fourth-order valence-electron chi connectivity index (χ4n) is 2.37. The van der Waals surface area contributed by atoms with Crippen molar-refractivity contribution in [2.75, 3.05) is 0 Å². The normalized spacial score (nSPS) is 14.8. The molecule has 0 aliphatic carbocycles. The maximum atomic E-state index is 7.46. The van der Waals surface area contributed by atoms with Gasteiger partial charge in [-0.05, 0) is 35.4 Å². The van der Waals surface area contributed by atoms with Gasteiger partial charge in [0.05, 0.1) is 5.69 Å². The molecule has 0 fully saturated rings. The third-order valence-electron chi connectivity index (χ3n) is 3.55. The highest BCUT2D eigenvalue weighted by Crippen LogP contribution is 2.32. The van der Waals surface area contributed by atoms with Crippen LogP contribution in [0.15, 0.2) is 36.5 Å². The Bertz CT molecular complexity index is 677. The molecule has 1 heteroatoms.